The van der Waals surface area contributed by atoms with Crippen molar-refractivity contribution in [2.24, 2.45) is 5.41 Å². The second kappa shape index (κ2) is 9.58. The Kier molecular flexibility index (Phi) is 8.29. The third-order valence-corrected chi connectivity index (χ3v) is 4.22. The fourth-order valence-electron chi connectivity index (χ4n) is 3.00. The van der Waals surface area contributed by atoms with E-state index in [1.165, 1.54) is 6.20 Å². The first-order valence-electron chi connectivity index (χ1n) is 9.40. The Morgan fingerprint density at radius 1 is 1.25 bits per heavy atom. The van der Waals surface area contributed by atoms with Gasteiger partial charge in [-0.05, 0) is 57.8 Å². The molecule has 1 atom stereocenters. The lowest BCUT2D eigenvalue weighted by Crippen LogP contribution is -2.34. The van der Waals surface area contributed by atoms with Gasteiger partial charge in [-0.1, -0.05) is 20.8 Å². The van der Waals surface area contributed by atoms with Crippen LogP contribution in [0.5, 0.6) is 0 Å². The highest BCUT2D eigenvalue weighted by Crippen LogP contribution is 2.33. The maximum Gasteiger partial charge on any atom is 0.416 e. The number of aromatic nitrogens is 1. The third kappa shape index (κ3) is 7.30. The number of esters is 1. The maximum atomic E-state index is 13.4. The first-order chi connectivity index (χ1) is 12.8. The quantitative estimate of drug-likeness (QED) is 0.617. The van der Waals surface area contributed by atoms with Crippen LogP contribution in [0, 0.1) is 5.41 Å². The van der Waals surface area contributed by atoms with Crippen molar-refractivity contribution in [1.29, 1.82) is 0 Å². The molecule has 8 heteroatoms. The zero-order valence-corrected chi connectivity index (χ0v) is 17.5. The monoisotopic (exact) mass is 404 g/mol. The van der Waals surface area contributed by atoms with E-state index < -0.39 is 29.3 Å². The molecule has 0 saturated heterocycles. The van der Waals surface area contributed by atoms with Crippen LogP contribution in [0.2, 0.25) is 0 Å². The van der Waals surface area contributed by atoms with Crippen molar-refractivity contribution in [3.8, 4) is 0 Å². The Balaban J connectivity index is 3.45. The van der Waals surface area contributed by atoms with Crippen molar-refractivity contribution in [2.45, 2.75) is 59.2 Å². The Labute approximate surface area is 164 Å². The number of hydrogen-bond acceptors (Lipinski definition) is 4. The molecule has 1 unspecified atom stereocenters. The highest BCUT2D eigenvalue weighted by atomic mass is 19.4. The minimum atomic E-state index is -4.63. The normalized spacial score (nSPS) is 13.6. The molecular weight excluding hydrogens is 373 g/mol. The van der Waals surface area contributed by atoms with Gasteiger partial charge in [0.1, 0.15) is 6.04 Å². The van der Waals surface area contributed by atoms with Crippen LogP contribution in [0.4, 0.5) is 13.2 Å². The van der Waals surface area contributed by atoms with E-state index >= 15 is 0 Å². The molecule has 0 amide bonds. The predicted molar refractivity (Wildman–Crippen MR) is 102 cm³/mol. The number of ether oxygens (including phenoxy) is 1. The SMILES string of the molecule is CCOC(=O)C(CC(C)(C)C)n1cc(CCCN(C)C)c(C(F)(F)F)cc1=O. The summed E-state index contributed by atoms with van der Waals surface area (Å²) in [7, 11) is 3.68. The number of carbonyl (C=O) groups excluding carboxylic acids is 1. The van der Waals surface area contributed by atoms with Gasteiger partial charge in [-0.25, -0.2) is 4.79 Å². The molecule has 0 N–H and O–H groups in total. The maximum absolute atomic E-state index is 13.4. The molecular formula is C20H31F3N2O3. The van der Waals surface area contributed by atoms with Crippen LogP contribution in [0.1, 0.15) is 57.7 Å². The topological polar surface area (TPSA) is 51.5 Å². The number of aryl methyl sites for hydroxylation is 1. The predicted octanol–water partition coefficient (Wildman–Crippen LogP) is 3.90. The summed E-state index contributed by atoms with van der Waals surface area (Å²) in [5, 5.41) is 0. The summed E-state index contributed by atoms with van der Waals surface area (Å²) in [6.45, 7) is 8.07. The summed E-state index contributed by atoms with van der Waals surface area (Å²) in [5.41, 5.74) is -2.11. The third-order valence-electron chi connectivity index (χ3n) is 4.22. The number of hydrogen-bond donors (Lipinski definition) is 0. The second-order valence-corrected chi connectivity index (χ2v) is 8.40. The van der Waals surface area contributed by atoms with Crippen LogP contribution >= 0.6 is 0 Å². The highest BCUT2D eigenvalue weighted by molar-refractivity contribution is 5.74. The molecule has 28 heavy (non-hydrogen) atoms. The van der Waals surface area contributed by atoms with Crippen molar-refractivity contribution in [3.63, 3.8) is 0 Å². The van der Waals surface area contributed by atoms with E-state index in [-0.39, 0.29) is 30.4 Å². The van der Waals surface area contributed by atoms with Crippen molar-refractivity contribution >= 4 is 5.97 Å². The van der Waals surface area contributed by atoms with Gasteiger partial charge in [0, 0.05) is 12.3 Å². The molecule has 5 nitrogen and oxygen atoms in total. The molecule has 1 rings (SSSR count). The zero-order valence-electron chi connectivity index (χ0n) is 17.5. The standard InChI is InChI=1S/C20H31F3N2O3/c1-7-28-18(27)16(12-19(2,3)4)25-13-14(9-8-10-24(5)6)15(11-17(25)26)20(21,22)23/h11,13,16H,7-10,12H2,1-6H3. The number of halogens is 3. The molecule has 160 valence electrons. The molecule has 0 aliphatic rings. The largest absolute Gasteiger partial charge is 0.464 e. The molecule has 0 bridgehead atoms. The number of nitrogens with zero attached hydrogens (tertiary/aromatic N) is 2. The van der Waals surface area contributed by atoms with Gasteiger partial charge in [-0.15, -0.1) is 0 Å². The van der Waals surface area contributed by atoms with Crippen LogP contribution in [-0.4, -0.2) is 42.7 Å². The summed E-state index contributed by atoms with van der Waals surface area (Å²) >= 11 is 0. The lowest BCUT2D eigenvalue weighted by Gasteiger charge is -2.27. The number of rotatable bonds is 8. The fraction of sp³-hybridized carbons (Fsp3) is 0.700. The fourth-order valence-corrected chi connectivity index (χ4v) is 3.00. The molecule has 0 aliphatic heterocycles. The van der Waals surface area contributed by atoms with E-state index in [4.69, 9.17) is 4.74 Å². The van der Waals surface area contributed by atoms with Gasteiger partial charge in [0.05, 0.1) is 12.2 Å². The zero-order chi connectivity index (χ0) is 21.7. The Morgan fingerprint density at radius 3 is 2.32 bits per heavy atom. The van der Waals surface area contributed by atoms with Gasteiger partial charge in [-0.3, -0.25) is 4.79 Å². The van der Waals surface area contributed by atoms with Crippen molar-refractivity contribution in [1.82, 2.24) is 9.47 Å². The molecule has 0 radical (unpaired) electrons. The Hall–Kier alpha value is -1.83. The van der Waals surface area contributed by atoms with Crippen molar-refractivity contribution in [2.75, 3.05) is 27.2 Å². The van der Waals surface area contributed by atoms with Crippen LogP contribution < -0.4 is 5.56 Å². The van der Waals surface area contributed by atoms with E-state index in [9.17, 15) is 22.8 Å². The van der Waals surface area contributed by atoms with Gasteiger partial charge in [0.25, 0.3) is 5.56 Å². The minimum Gasteiger partial charge on any atom is -0.464 e. The number of carbonyl (C=O) groups is 1. The minimum absolute atomic E-state index is 0.0113. The smallest absolute Gasteiger partial charge is 0.416 e. The molecule has 1 heterocycles. The first-order valence-corrected chi connectivity index (χ1v) is 9.40. The molecule has 0 fully saturated rings. The van der Waals surface area contributed by atoms with E-state index in [2.05, 4.69) is 0 Å². The summed E-state index contributed by atoms with van der Waals surface area (Å²) in [4.78, 5) is 26.8. The van der Waals surface area contributed by atoms with Gasteiger partial charge >= 0.3 is 12.1 Å². The average Bonchev–Trinajstić information content (AvgIpc) is 2.52. The first kappa shape index (κ1) is 24.2. The van der Waals surface area contributed by atoms with Gasteiger partial charge in [-0.2, -0.15) is 13.2 Å². The Morgan fingerprint density at radius 2 is 1.86 bits per heavy atom. The second-order valence-electron chi connectivity index (χ2n) is 8.40. The van der Waals surface area contributed by atoms with Crippen LogP contribution in [0.3, 0.4) is 0 Å². The molecule has 0 aliphatic carbocycles. The summed E-state index contributed by atoms with van der Waals surface area (Å²) < 4.78 is 46.5. The highest BCUT2D eigenvalue weighted by Gasteiger charge is 2.36. The van der Waals surface area contributed by atoms with Crippen LogP contribution in [0.25, 0.3) is 0 Å². The Bertz CT molecular complexity index is 719. The molecule has 0 spiro atoms. The van der Waals surface area contributed by atoms with Gasteiger partial charge in [0.15, 0.2) is 0 Å². The summed E-state index contributed by atoms with van der Waals surface area (Å²) in [6.07, 6.45) is -2.52. The van der Waals surface area contributed by atoms with E-state index in [0.717, 1.165) is 4.57 Å². The molecule has 1 aromatic heterocycles. The van der Waals surface area contributed by atoms with Gasteiger partial charge in [0.2, 0.25) is 0 Å². The average molecular weight is 404 g/mol. The van der Waals surface area contributed by atoms with E-state index in [1.54, 1.807) is 6.92 Å². The number of alkyl halides is 3. The van der Waals surface area contributed by atoms with E-state index in [0.29, 0.717) is 19.0 Å². The van der Waals surface area contributed by atoms with Crippen LogP contribution in [0.15, 0.2) is 17.1 Å². The number of pyridine rings is 1. The molecule has 0 aromatic carbocycles. The van der Waals surface area contributed by atoms with Crippen molar-refractivity contribution < 1.29 is 22.7 Å². The lowest BCUT2D eigenvalue weighted by atomic mass is 9.87. The van der Waals surface area contributed by atoms with Crippen LogP contribution in [-0.2, 0) is 22.1 Å². The van der Waals surface area contributed by atoms with Crippen molar-refractivity contribution in [3.05, 3.63) is 33.7 Å². The summed E-state index contributed by atoms with van der Waals surface area (Å²) in [5.74, 6) is -0.612. The van der Waals surface area contributed by atoms with E-state index in [1.807, 2.05) is 39.8 Å². The lowest BCUT2D eigenvalue weighted by molar-refractivity contribution is -0.148. The molecule has 0 saturated carbocycles. The summed E-state index contributed by atoms with van der Waals surface area (Å²) in [6, 6.07) is -0.373. The molecule has 1 aromatic rings. The van der Waals surface area contributed by atoms with Gasteiger partial charge < -0.3 is 14.2 Å².